The Labute approximate surface area is 138 Å². The third-order valence-corrected chi connectivity index (χ3v) is 4.64. The Morgan fingerprint density at radius 2 is 2.22 bits per heavy atom. The fraction of sp³-hybridized carbons (Fsp3) is 0.312. The van der Waals surface area contributed by atoms with Crippen molar-refractivity contribution in [3.8, 4) is 5.75 Å². The number of anilines is 1. The first kappa shape index (κ1) is 15.5. The first-order valence-electron chi connectivity index (χ1n) is 7.25. The Hall–Kier alpha value is -2.41. The molecule has 6 nitrogen and oxygen atoms in total. The number of hydrazone groups is 1. The van der Waals surface area contributed by atoms with Gasteiger partial charge >= 0.3 is 0 Å². The molecule has 0 fully saturated rings. The van der Waals surface area contributed by atoms with Crippen LogP contribution in [0, 0.1) is 5.41 Å². The highest BCUT2D eigenvalue weighted by Crippen LogP contribution is 2.37. The number of carbonyl (C=O) groups is 1. The maximum Gasteiger partial charge on any atom is 0.271 e. The maximum absolute atomic E-state index is 12.2. The normalized spacial score (nSPS) is 17.7. The SMILES string of the molecule is CC1(C)CC(=NNC(=O)c2cccc(O)c2)c2sc(N)nc2C1. The van der Waals surface area contributed by atoms with Crippen molar-refractivity contribution in [2.45, 2.75) is 26.7 Å². The minimum absolute atomic E-state index is 0.0160. The number of hydrogen-bond donors (Lipinski definition) is 3. The number of nitrogens with two attached hydrogens (primary N) is 1. The van der Waals surface area contributed by atoms with E-state index in [0.717, 1.165) is 29.1 Å². The Balaban J connectivity index is 1.86. The third-order valence-electron chi connectivity index (χ3n) is 3.67. The molecule has 1 aliphatic rings. The summed E-state index contributed by atoms with van der Waals surface area (Å²) in [5.74, 6) is -0.322. The number of carbonyl (C=O) groups excluding carboxylic acids is 1. The molecular formula is C16H18N4O2S. The largest absolute Gasteiger partial charge is 0.508 e. The molecule has 1 aromatic heterocycles. The summed E-state index contributed by atoms with van der Waals surface area (Å²) in [5, 5.41) is 14.2. The zero-order chi connectivity index (χ0) is 16.6. The molecule has 0 saturated carbocycles. The Kier molecular flexibility index (Phi) is 3.81. The van der Waals surface area contributed by atoms with Crippen LogP contribution in [0.2, 0.25) is 0 Å². The van der Waals surface area contributed by atoms with Crippen LogP contribution in [-0.2, 0) is 6.42 Å². The van der Waals surface area contributed by atoms with Crippen molar-refractivity contribution >= 4 is 28.1 Å². The van der Waals surface area contributed by atoms with Crippen LogP contribution in [0.3, 0.4) is 0 Å². The summed E-state index contributed by atoms with van der Waals surface area (Å²) in [6, 6.07) is 6.15. The van der Waals surface area contributed by atoms with E-state index < -0.39 is 0 Å². The standard InChI is InChI=1S/C16H18N4O2S/c1-16(2)7-11-13(23-15(17)18-11)12(8-16)19-20-14(22)9-4-3-5-10(21)6-9/h3-6,21H,7-8H2,1-2H3,(H2,17,18)(H,20,22). The van der Waals surface area contributed by atoms with E-state index >= 15 is 0 Å². The van der Waals surface area contributed by atoms with Gasteiger partial charge in [-0.2, -0.15) is 5.10 Å². The first-order chi connectivity index (χ1) is 10.8. The van der Waals surface area contributed by atoms with E-state index in [-0.39, 0.29) is 17.1 Å². The number of benzene rings is 1. The molecule has 0 atom stereocenters. The van der Waals surface area contributed by atoms with E-state index in [4.69, 9.17) is 5.73 Å². The van der Waals surface area contributed by atoms with Gasteiger partial charge in [0.2, 0.25) is 0 Å². The van der Waals surface area contributed by atoms with Gasteiger partial charge in [0, 0.05) is 5.56 Å². The number of thiazole rings is 1. The van der Waals surface area contributed by atoms with Crippen LogP contribution in [0.15, 0.2) is 29.4 Å². The number of nitrogens with one attached hydrogen (secondary N) is 1. The molecule has 3 rings (SSSR count). The number of phenolic OH excluding ortho intramolecular Hbond substituents is 1. The van der Waals surface area contributed by atoms with Crippen LogP contribution >= 0.6 is 11.3 Å². The van der Waals surface area contributed by atoms with Gasteiger partial charge in [0.15, 0.2) is 5.13 Å². The molecule has 0 aliphatic heterocycles. The Morgan fingerprint density at radius 1 is 1.43 bits per heavy atom. The van der Waals surface area contributed by atoms with E-state index in [2.05, 4.69) is 29.4 Å². The first-order valence-corrected chi connectivity index (χ1v) is 8.07. The van der Waals surface area contributed by atoms with Crippen molar-refractivity contribution < 1.29 is 9.90 Å². The van der Waals surface area contributed by atoms with Gasteiger partial charge in [0.05, 0.1) is 16.3 Å². The summed E-state index contributed by atoms with van der Waals surface area (Å²) in [6.45, 7) is 4.27. The fourth-order valence-electron chi connectivity index (χ4n) is 2.68. The number of aromatic nitrogens is 1. The van der Waals surface area contributed by atoms with Crippen molar-refractivity contribution in [2.75, 3.05) is 5.73 Å². The lowest BCUT2D eigenvalue weighted by atomic mass is 9.78. The molecule has 0 bridgehead atoms. The lowest BCUT2D eigenvalue weighted by Gasteiger charge is -2.29. The van der Waals surface area contributed by atoms with Crippen molar-refractivity contribution in [1.82, 2.24) is 10.4 Å². The van der Waals surface area contributed by atoms with Gasteiger partial charge in [-0.25, -0.2) is 10.4 Å². The number of phenols is 1. The van der Waals surface area contributed by atoms with Gasteiger partial charge in [-0.05, 0) is 36.5 Å². The fourth-order valence-corrected chi connectivity index (χ4v) is 3.52. The number of nitrogen functional groups attached to an aromatic ring is 1. The minimum Gasteiger partial charge on any atom is -0.508 e. The second kappa shape index (κ2) is 5.66. The molecule has 1 aromatic carbocycles. The van der Waals surface area contributed by atoms with Crippen LogP contribution < -0.4 is 11.2 Å². The Morgan fingerprint density at radius 3 is 2.96 bits per heavy atom. The van der Waals surface area contributed by atoms with Crippen LogP contribution in [-0.4, -0.2) is 21.7 Å². The van der Waals surface area contributed by atoms with E-state index in [1.165, 1.54) is 23.5 Å². The summed E-state index contributed by atoms with van der Waals surface area (Å²) in [5.41, 5.74) is 10.5. The topological polar surface area (TPSA) is 101 Å². The van der Waals surface area contributed by atoms with Gasteiger partial charge in [-0.1, -0.05) is 31.3 Å². The second-order valence-corrected chi connectivity index (χ2v) is 7.43. The lowest BCUT2D eigenvalue weighted by molar-refractivity contribution is 0.0954. The molecule has 2 aromatic rings. The van der Waals surface area contributed by atoms with E-state index in [1.807, 2.05) is 0 Å². The zero-order valence-electron chi connectivity index (χ0n) is 13.0. The zero-order valence-corrected chi connectivity index (χ0v) is 13.8. The summed E-state index contributed by atoms with van der Waals surface area (Å²) in [7, 11) is 0. The predicted molar refractivity (Wildman–Crippen MR) is 90.7 cm³/mol. The summed E-state index contributed by atoms with van der Waals surface area (Å²) < 4.78 is 0. The number of fused-ring (bicyclic) bond motifs is 1. The minimum atomic E-state index is -0.365. The number of hydrogen-bond acceptors (Lipinski definition) is 6. The molecular weight excluding hydrogens is 312 g/mol. The highest BCUT2D eigenvalue weighted by Gasteiger charge is 2.32. The highest BCUT2D eigenvalue weighted by atomic mass is 32.1. The molecule has 23 heavy (non-hydrogen) atoms. The number of rotatable bonds is 2. The predicted octanol–water partition coefficient (Wildman–Crippen LogP) is 2.54. The molecule has 4 N–H and O–H groups in total. The summed E-state index contributed by atoms with van der Waals surface area (Å²) in [4.78, 5) is 17.5. The second-order valence-electron chi connectivity index (χ2n) is 6.40. The van der Waals surface area contributed by atoms with Crippen LogP contribution in [0.5, 0.6) is 5.75 Å². The van der Waals surface area contributed by atoms with Crippen LogP contribution in [0.1, 0.15) is 41.2 Å². The molecule has 0 radical (unpaired) electrons. The number of aromatic hydroxyl groups is 1. The Bertz CT molecular complexity index is 795. The van der Waals surface area contributed by atoms with E-state index in [1.54, 1.807) is 12.1 Å². The lowest BCUT2D eigenvalue weighted by Crippen LogP contribution is -2.29. The summed E-state index contributed by atoms with van der Waals surface area (Å²) in [6.07, 6.45) is 1.58. The average Bonchev–Trinajstić information content (AvgIpc) is 2.83. The van der Waals surface area contributed by atoms with Gasteiger partial charge in [0.25, 0.3) is 5.91 Å². The van der Waals surface area contributed by atoms with Crippen LogP contribution in [0.4, 0.5) is 5.13 Å². The molecule has 1 heterocycles. The van der Waals surface area contributed by atoms with E-state index in [9.17, 15) is 9.90 Å². The third kappa shape index (κ3) is 3.34. The monoisotopic (exact) mass is 330 g/mol. The molecule has 1 aliphatic carbocycles. The maximum atomic E-state index is 12.2. The van der Waals surface area contributed by atoms with Crippen molar-refractivity contribution in [1.29, 1.82) is 0 Å². The molecule has 0 saturated heterocycles. The number of nitrogens with zero attached hydrogens (tertiary/aromatic N) is 2. The van der Waals surface area contributed by atoms with Crippen LogP contribution in [0.25, 0.3) is 0 Å². The quantitative estimate of drug-likeness (QED) is 0.737. The van der Waals surface area contributed by atoms with Crippen molar-refractivity contribution in [3.05, 3.63) is 40.4 Å². The number of amides is 1. The smallest absolute Gasteiger partial charge is 0.271 e. The highest BCUT2D eigenvalue weighted by molar-refractivity contribution is 7.17. The molecule has 0 spiro atoms. The molecule has 7 heteroatoms. The average molecular weight is 330 g/mol. The van der Waals surface area contributed by atoms with E-state index in [0.29, 0.717) is 10.7 Å². The van der Waals surface area contributed by atoms with Gasteiger partial charge < -0.3 is 10.8 Å². The van der Waals surface area contributed by atoms with Gasteiger partial charge in [-0.15, -0.1) is 0 Å². The van der Waals surface area contributed by atoms with Crippen molar-refractivity contribution in [3.63, 3.8) is 0 Å². The molecule has 120 valence electrons. The van der Waals surface area contributed by atoms with Gasteiger partial charge in [0.1, 0.15) is 5.75 Å². The molecule has 1 amide bonds. The van der Waals surface area contributed by atoms with Gasteiger partial charge in [-0.3, -0.25) is 4.79 Å². The van der Waals surface area contributed by atoms with Crippen molar-refractivity contribution in [2.24, 2.45) is 10.5 Å². The molecule has 0 unspecified atom stereocenters. The summed E-state index contributed by atoms with van der Waals surface area (Å²) >= 11 is 1.39.